The predicted octanol–water partition coefficient (Wildman–Crippen LogP) is 4.38. The van der Waals surface area contributed by atoms with Gasteiger partial charge in [0.25, 0.3) is 0 Å². The molecule has 0 unspecified atom stereocenters. The van der Waals surface area contributed by atoms with Crippen LogP contribution in [0.15, 0.2) is 47.1 Å². The number of pyridine rings is 1. The van der Waals surface area contributed by atoms with E-state index in [1.165, 1.54) is 11.3 Å². The molecule has 0 bridgehead atoms. The Morgan fingerprint density at radius 3 is 2.44 bits per heavy atom. The Kier molecular flexibility index (Phi) is 2.71. The van der Waals surface area contributed by atoms with E-state index < -0.39 is 0 Å². The van der Waals surface area contributed by atoms with Gasteiger partial charge in [-0.05, 0) is 41.9 Å². The van der Waals surface area contributed by atoms with E-state index in [-0.39, 0.29) is 0 Å². The molecule has 0 fully saturated rings. The highest BCUT2D eigenvalue weighted by Gasteiger charge is 2.11. The van der Waals surface area contributed by atoms with E-state index in [0.717, 1.165) is 21.5 Å². The van der Waals surface area contributed by atoms with Crippen LogP contribution >= 0.6 is 15.9 Å². The van der Waals surface area contributed by atoms with Gasteiger partial charge in [0, 0.05) is 11.3 Å². The molecule has 0 amide bonds. The van der Waals surface area contributed by atoms with Gasteiger partial charge in [-0.25, -0.2) is 4.98 Å². The van der Waals surface area contributed by atoms with Gasteiger partial charge in [-0.1, -0.05) is 35.9 Å². The van der Waals surface area contributed by atoms with Gasteiger partial charge in [-0.3, -0.25) is 4.40 Å². The first-order chi connectivity index (χ1) is 8.66. The second kappa shape index (κ2) is 4.25. The number of halogens is 1. The van der Waals surface area contributed by atoms with Crippen molar-refractivity contribution < 1.29 is 0 Å². The quantitative estimate of drug-likeness (QED) is 0.652. The van der Waals surface area contributed by atoms with Crippen LogP contribution in [0.4, 0.5) is 0 Å². The van der Waals surface area contributed by atoms with E-state index in [1.54, 1.807) is 0 Å². The van der Waals surface area contributed by atoms with Crippen molar-refractivity contribution in [3.8, 4) is 11.4 Å². The van der Waals surface area contributed by atoms with Crippen LogP contribution in [0.25, 0.3) is 16.9 Å². The van der Waals surface area contributed by atoms with Gasteiger partial charge < -0.3 is 0 Å². The number of aryl methyl sites for hydroxylation is 2. The lowest BCUT2D eigenvalue weighted by atomic mass is 10.1. The van der Waals surface area contributed by atoms with Crippen LogP contribution in [0.5, 0.6) is 0 Å². The third-order valence-electron chi connectivity index (χ3n) is 3.12. The minimum Gasteiger partial charge on any atom is -0.296 e. The van der Waals surface area contributed by atoms with Crippen molar-refractivity contribution >= 4 is 21.4 Å². The highest BCUT2D eigenvalue weighted by molar-refractivity contribution is 9.10. The van der Waals surface area contributed by atoms with Crippen LogP contribution in [0, 0.1) is 13.8 Å². The minimum atomic E-state index is 0.891. The van der Waals surface area contributed by atoms with E-state index in [2.05, 4.69) is 81.6 Å². The maximum Gasteiger partial charge on any atom is 0.146 e. The number of rotatable bonds is 1. The van der Waals surface area contributed by atoms with Gasteiger partial charge >= 0.3 is 0 Å². The molecule has 3 heteroatoms. The van der Waals surface area contributed by atoms with Crippen LogP contribution in [0.3, 0.4) is 0 Å². The molecule has 3 aromatic rings. The second-order valence-corrected chi connectivity index (χ2v) is 5.23. The molecule has 0 radical (unpaired) electrons. The second-order valence-electron chi connectivity index (χ2n) is 4.48. The highest BCUT2D eigenvalue weighted by atomic mass is 79.9. The van der Waals surface area contributed by atoms with Crippen LogP contribution < -0.4 is 0 Å². The molecule has 0 saturated carbocycles. The van der Waals surface area contributed by atoms with E-state index in [0.29, 0.717) is 0 Å². The maximum absolute atomic E-state index is 4.63. The summed E-state index contributed by atoms with van der Waals surface area (Å²) in [7, 11) is 0. The molecule has 0 spiro atoms. The van der Waals surface area contributed by atoms with Gasteiger partial charge in [-0.15, -0.1) is 0 Å². The Morgan fingerprint density at radius 2 is 1.72 bits per heavy atom. The molecule has 90 valence electrons. The molecule has 3 rings (SSSR count). The maximum atomic E-state index is 4.63. The third-order valence-corrected chi connectivity index (χ3v) is 3.71. The lowest BCUT2D eigenvalue weighted by molar-refractivity contribution is 1.08. The number of imidazole rings is 1. The lowest BCUT2D eigenvalue weighted by Gasteiger charge is -2.05. The molecule has 2 aromatic heterocycles. The molecule has 0 aliphatic heterocycles. The SMILES string of the molecule is Cc1ccc(-c2nc(Br)c3cccc(C)n23)cc1. The van der Waals surface area contributed by atoms with Crippen LogP contribution in [-0.2, 0) is 0 Å². The van der Waals surface area contributed by atoms with Crippen LogP contribution in [-0.4, -0.2) is 9.38 Å². The zero-order valence-corrected chi connectivity index (χ0v) is 11.9. The van der Waals surface area contributed by atoms with Crippen molar-refractivity contribution in [1.29, 1.82) is 0 Å². The number of fused-ring (bicyclic) bond motifs is 1. The fourth-order valence-electron chi connectivity index (χ4n) is 2.16. The average Bonchev–Trinajstić information content (AvgIpc) is 2.70. The Morgan fingerprint density at radius 1 is 1.00 bits per heavy atom. The molecule has 0 aliphatic carbocycles. The summed E-state index contributed by atoms with van der Waals surface area (Å²) < 4.78 is 3.07. The summed E-state index contributed by atoms with van der Waals surface area (Å²) in [5, 5.41) is 0. The Balaban J connectivity index is 2.32. The van der Waals surface area contributed by atoms with Gasteiger partial charge in [0.15, 0.2) is 0 Å². The molecule has 2 heterocycles. The zero-order chi connectivity index (χ0) is 12.7. The van der Waals surface area contributed by atoms with Crippen LogP contribution in [0.2, 0.25) is 0 Å². The molecular weight excluding hydrogens is 288 g/mol. The van der Waals surface area contributed by atoms with Gasteiger partial charge in [0.2, 0.25) is 0 Å². The highest BCUT2D eigenvalue weighted by Crippen LogP contribution is 2.27. The molecule has 0 saturated heterocycles. The minimum absolute atomic E-state index is 0.891. The zero-order valence-electron chi connectivity index (χ0n) is 10.3. The first-order valence-corrected chi connectivity index (χ1v) is 6.67. The topological polar surface area (TPSA) is 17.3 Å². The summed E-state index contributed by atoms with van der Waals surface area (Å²) in [6.07, 6.45) is 0. The predicted molar refractivity (Wildman–Crippen MR) is 77.8 cm³/mol. The first kappa shape index (κ1) is 11.5. The number of aromatic nitrogens is 2. The molecule has 1 aromatic carbocycles. The van der Waals surface area contributed by atoms with Gasteiger partial charge in [0.1, 0.15) is 10.4 Å². The van der Waals surface area contributed by atoms with Crippen molar-refractivity contribution in [1.82, 2.24) is 9.38 Å². The van der Waals surface area contributed by atoms with Crippen molar-refractivity contribution in [2.45, 2.75) is 13.8 Å². The normalized spacial score (nSPS) is 11.1. The standard InChI is InChI=1S/C15H13BrN2/c1-10-6-8-12(9-7-10)15-17-14(16)13-5-3-4-11(2)18(13)15/h3-9H,1-2H3. The Hall–Kier alpha value is -1.61. The number of hydrogen-bond acceptors (Lipinski definition) is 1. The Bertz CT molecular complexity index is 711. The van der Waals surface area contributed by atoms with Gasteiger partial charge in [0.05, 0.1) is 5.52 Å². The van der Waals surface area contributed by atoms with Crippen molar-refractivity contribution in [2.24, 2.45) is 0 Å². The largest absolute Gasteiger partial charge is 0.296 e. The first-order valence-electron chi connectivity index (χ1n) is 5.87. The summed E-state index contributed by atoms with van der Waals surface area (Å²) in [6, 6.07) is 14.7. The summed E-state index contributed by atoms with van der Waals surface area (Å²) in [4.78, 5) is 4.63. The van der Waals surface area contributed by atoms with E-state index in [1.807, 2.05) is 0 Å². The summed E-state index contributed by atoms with van der Waals surface area (Å²) in [5.41, 5.74) is 4.68. The van der Waals surface area contributed by atoms with Crippen molar-refractivity contribution in [3.63, 3.8) is 0 Å². The third kappa shape index (κ3) is 1.75. The van der Waals surface area contributed by atoms with E-state index >= 15 is 0 Å². The van der Waals surface area contributed by atoms with Crippen molar-refractivity contribution in [3.05, 3.63) is 58.3 Å². The summed E-state index contributed by atoms with van der Waals surface area (Å²) >= 11 is 3.53. The lowest BCUT2D eigenvalue weighted by Crippen LogP contribution is -1.93. The molecule has 0 N–H and O–H groups in total. The number of benzene rings is 1. The fraction of sp³-hybridized carbons (Fsp3) is 0.133. The monoisotopic (exact) mass is 300 g/mol. The summed E-state index contributed by atoms with van der Waals surface area (Å²) in [6.45, 7) is 4.19. The van der Waals surface area contributed by atoms with E-state index in [9.17, 15) is 0 Å². The molecule has 2 nitrogen and oxygen atoms in total. The molecular formula is C15H13BrN2. The Labute approximate surface area is 114 Å². The van der Waals surface area contributed by atoms with Crippen molar-refractivity contribution in [2.75, 3.05) is 0 Å². The smallest absolute Gasteiger partial charge is 0.146 e. The molecule has 0 aliphatic rings. The number of hydrogen-bond donors (Lipinski definition) is 0. The average molecular weight is 301 g/mol. The van der Waals surface area contributed by atoms with Gasteiger partial charge in [-0.2, -0.15) is 0 Å². The molecule has 18 heavy (non-hydrogen) atoms. The van der Waals surface area contributed by atoms with E-state index in [4.69, 9.17) is 0 Å². The summed E-state index contributed by atoms with van der Waals surface area (Å²) in [5.74, 6) is 0.981. The fourth-order valence-corrected chi connectivity index (χ4v) is 2.63. The van der Waals surface area contributed by atoms with Crippen LogP contribution in [0.1, 0.15) is 11.3 Å². The molecule has 0 atom stereocenters. The number of nitrogens with zero attached hydrogens (tertiary/aromatic N) is 2.